The van der Waals surface area contributed by atoms with Crippen molar-refractivity contribution in [2.24, 2.45) is 0 Å². The van der Waals surface area contributed by atoms with Gasteiger partial charge in [0.25, 0.3) is 5.91 Å². The number of halogens is 1. The van der Waals surface area contributed by atoms with Crippen molar-refractivity contribution in [1.29, 1.82) is 0 Å². The van der Waals surface area contributed by atoms with E-state index in [4.69, 9.17) is 4.74 Å². The number of ether oxygens (including phenoxy) is 1. The summed E-state index contributed by atoms with van der Waals surface area (Å²) in [7, 11) is 1.53. The van der Waals surface area contributed by atoms with Crippen LogP contribution in [-0.2, 0) is 4.79 Å². The third-order valence-electron chi connectivity index (χ3n) is 5.39. The van der Waals surface area contributed by atoms with Gasteiger partial charge in [-0.2, -0.15) is 5.10 Å². The fraction of sp³-hybridized carbons (Fsp3) is 0.261. The average Bonchev–Trinajstić information content (AvgIpc) is 3.30. The van der Waals surface area contributed by atoms with Crippen LogP contribution >= 0.6 is 0 Å². The van der Waals surface area contributed by atoms with Crippen molar-refractivity contribution in [3.8, 4) is 11.4 Å². The Hall–Kier alpha value is -3.68. The Morgan fingerprint density at radius 2 is 1.90 bits per heavy atom. The van der Waals surface area contributed by atoms with Gasteiger partial charge in [0, 0.05) is 24.7 Å². The number of rotatable bonds is 5. The van der Waals surface area contributed by atoms with Gasteiger partial charge >= 0.3 is 0 Å². The van der Waals surface area contributed by atoms with Crippen LogP contribution in [0, 0.1) is 19.7 Å². The maximum Gasteiger partial charge on any atom is 0.259 e. The first kappa shape index (κ1) is 20.6. The summed E-state index contributed by atoms with van der Waals surface area (Å²) in [5.74, 6) is -0.0651. The molecule has 8 heteroatoms. The number of hydrogen-bond donors (Lipinski definition) is 1. The predicted octanol–water partition coefficient (Wildman–Crippen LogP) is 4.02. The van der Waals surface area contributed by atoms with Crippen LogP contribution < -0.4 is 15.0 Å². The zero-order valence-electron chi connectivity index (χ0n) is 17.6. The molecule has 160 valence electrons. The van der Waals surface area contributed by atoms with E-state index < -0.39 is 0 Å². The lowest BCUT2D eigenvalue weighted by Gasteiger charge is -2.19. The normalized spacial score (nSPS) is 13.5. The lowest BCUT2D eigenvalue weighted by Crippen LogP contribution is -2.24. The highest BCUT2D eigenvalue weighted by molar-refractivity contribution is 6.06. The first-order valence-electron chi connectivity index (χ1n) is 10.0. The third-order valence-corrected chi connectivity index (χ3v) is 5.39. The molecule has 0 radical (unpaired) electrons. The van der Waals surface area contributed by atoms with Gasteiger partial charge in [0.05, 0.1) is 35.4 Å². The number of methoxy groups -OCH3 is 1. The van der Waals surface area contributed by atoms with E-state index in [1.165, 1.54) is 19.2 Å². The Labute approximate surface area is 179 Å². The van der Waals surface area contributed by atoms with Crippen LogP contribution in [0.4, 0.5) is 15.8 Å². The van der Waals surface area contributed by atoms with Crippen LogP contribution in [0.5, 0.6) is 5.75 Å². The molecular formula is C23H23FN4O3. The number of aromatic nitrogens is 2. The van der Waals surface area contributed by atoms with Crippen LogP contribution in [0.1, 0.15) is 34.6 Å². The molecule has 0 unspecified atom stereocenters. The van der Waals surface area contributed by atoms with Crippen LogP contribution in [0.15, 0.2) is 42.5 Å². The number of amides is 2. The van der Waals surface area contributed by atoms with Gasteiger partial charge in [-0.05, 0) is 56.7 Å². The molecule has 1 fully saturated rings. The second kappa shape index (κ2) is 8.22. The van der Waals surface area contributed by atoms with Gasteiger partial charge in [0.1, 0.15) is 11.6 Å². The maximum absolute atomic E-state index is 13.2. The summed E-state index contributed by atoms with van der Waals surface area (Å²) in [5.41, 5.74) is 3.56. The van der Waals surface area contributed by atoms with Gasteiger partial charge in [-0.15, -0.1) is 0 Å². The van der Waals surface area contributed by atoms with E-state index in [-0.39, 0.29) is 17.6 Å². The first-order valence-corrected chi connectivity index (χ1v) is 10.0. The molecule has 2 aromatic carbocycles. The quantitative estimate of drug-likeness (QED) is 0.674. The Morgan fingerprint density at radius 3 is 2.55 bits per heavy atom. The molecule has 7 nitrogen and oxygen atoms in total. The molecule has 3 aromatic rings. The van der Waals surface area contributed by atoms with Crippen LogP contribution in [0.2, 0.25) is 0 Å². The summed E-state index contributed by atoms with van der Waals surface area (Å²) in [6.45, 7) is 4.20. The summed E-state index contributed by atoms with van der Waals surface area (Å²) in [4.78, 5) is 26.8. The number of nitrogens with zero attached hydrogens (tertiary/aromatic N) is 3. The maximum atomic E-state index is 13.2. The molecule has 0 aliphatic carbocycles. The molecule has 1 saturated heterocycles. The Kier molecular flexibility index (Phi) is 5.46. The molecule has 2 amide bonds. The number of carbonyl (C=O) groups excluding carboxylic acids is 2. The van der Waals surface area contributed by atoms with Crippen LogP contribution in [0.3, 0.4) is 0 Å². The van der Waals surface area contributed by atoms with Crippen molar-refractivity contribution in [3.05, 3.63) is 65.2 Å². The van der Waals surface area contributed by atoms with Crippen LogP contribution in [-0.4, -0.2) is 35.2 Å². The number of anilines is 2. The summed E-state index contributed by atoms with van der Waals surface area (Å²) >= 11 is 0. The van der Waals surface area contributed by atoms with Crippen molar-refractivity contribution in [1.82, 2.24) is 9.78 Å². The predicted molar refractivity (Wildman–Crippen MR) is 116 cm³/mol. The van der Waals surface area contributed by atoms with E-state index in [1.54, 1.807) is 53.8 Å². The molecule has 1 aliphatic rings. The molecule has 0 bridgehead atoms. The van der Waals surface area contributed by atoms with E-state index in [0.29, 0.717) is 52.7 Å². The Morgan fingerprint density at radius 1 is 1.16 bits per heavy atom. The summed E-state index contributed by atoms with van der Waals surface area (Å²) < 4.78 is 20.3. The van der Waals surface area contributed by atoms with Gasteiger partial charge in [-0.3, -0.25) is 9.59 Å². The van der Waals surface area contributed by atoms with Crippen molar-refractivity contribution in [2.45, 2.75) is 26.7 Å². The SMILES string of the molecule is COc1cc(NC(=O)c2c(C)nn(-c3ccc(F)cc3)c2C)ccc1N1CCCC1=O. The zero-order valence-corrected chi connectivity index (χ0v) is 17.6. The van der Waals surface area contributed by atoms with Gasteiger partial charge in [0.2, 0.25) is 5.91 Å². The van der Waals surface area contributed by atoms with E-state index in [2.05, 4.69) is 10.4 Å². The topological polar surface area (TPSA) is 76.5 Å². The first-order chi connectivity index (χ1) is 14.9. The lowest BCUT2D eigenvalue weighted by molar-refractivity contribution is -0.117. The average molecular weight is 422 g/mol. The van der Waals surface area contributed by atoms with Crippen molar-refractivity contribution in [3.63, 3.8) is 0 Å². The molecule has 1 aromatic heterocycles. The number of carbonyl (C=O) groups is 2. The molecule has 0 atom stereocenters. The second-order valence-electron chi connectivity index (χ2n) is 7.42. The highest BCUT2D eigenvalue weighted by atomic mass is 19.1. The van der Waals surface area contributed by atoms with Gasteiger partial charge in [-0.1, -0.05) is 0 Å². The smallest absolute Gasteiger partial charge is 0.259 e. The molecular weight excluding hydrogens is 399 g/mol. The van der Waals surface area contributed by atoms with E-state index in [1.807, 2.05) is 0 Å². The number of benzene rings is 2. The Balaban J connectivity index is 1.60. The monoisotopic (exact) mass is 422 g/mol. The molecule has 0 spiro atoms. The fourth-order valence-electron chi connectivity index (χ4n) is 3.88. The lowest BCUT2D eigenvalue weighted by atomic mass is 10.1. The van der Waals surface area contributed by atoms with Crippen LogP contribution in [0.25, 0.3) is 5.69 Å². The number of nitrogens with one attached hydrogen (secondary N) is 1. The molecule has 31 heavy (non-hydrogen) atoms. The molecule has 4 rings (SSSR count). The number of aryl methyl sites for hydroxylation is 1. The van der Waals surface area contributed by atoms with Crippen molar-refractivity contribution in [2.75, 3.05) is 23.9 Å². The molecule has 1 aliphatic heterocycles. The standard InChI is InChI=1S/C23H23FN4O3/c1-14-22(15(2)28(26-14)18-9-6-16(24)7-10-18)23(30)25-17-8-11-19(20(13-17)31-3)27-12-4-5-21(27)29/h6-11,13H,4-5,12H2,1-3H3,(H,25,30). The van der Waals surface area contributed by atoms with Gasteiger partial charge in [0.15, 0.2) is 0 Å². The molecule has 2 heterocycles. The fourth-order valence-corrected chi connectivity index (χ4v) is 3.88. The number of hydrogen-bond acceptors (Lipinski definition) is 4. The zero-order chi connectivity index (χ0) is 22.1. The van der Waals surface area contributed by atoms with E-state index in [0.717, 1.165) is 6.42 Å². The van der Waals surface area contributed by atoms with Gasteiger partial charge in [-0.25, -0.2) is 9.07 Å². The van der Waals surface area contributed by atoms with E-state index >= 15 is 0 Å². The van der Waals surface area contributed by atoms with E-state index in [9.17, 15) is 14.0 Å². The van der Waals surface area contributed by atoms with Crippen molar-refractivity contribution >= 4 is 23.2 Å². The molecule has 1 N–H and O–H groups in total. The minimum Gasteiger partial charge on any atom is -0.494 e. The minimum absolute atomic E-state index is 0.0644. The van der Waals surface area contributed by atoms with Gasteiger partial charge < -0.3 is 15.0 Å². The molecule has 0 saturated carbocycles. The summed E-state index contributed by atoms with van der Waals surface area (Å²) in [6, 6.07) is 11.2. The second-order valence-corrected chi connectivity index (χ2v) is 7.42. The largest absolute Gasteiger partial charge is 0.494 e. The van der Waals surface area contributed by atoms with Crippen molar-refractivity contribution < 1.29 is 18.7 Å². The minimum atomic E-state index is -0.337. The highest BCUT2D eigenvalue weighted by Crippen LogP contribution is 2.34. The summed E-state index contributed by atoms with van der Waals surface area (Å²) in [5, 5.41) is 7.33. The Bertz CT molecular complexity index is 1150. The highest BCUT2D eigenvalue weighted by Gasteiger charge is 2.25. The summed E-state index contributed by atoms with van der Waals surface area (Å²) in [6.07, 6.45) is 1.34. The third kappa shape index (κ3) is 3.88.